The summed E-state index contributed by atoms with van der Waals surface area (Å²) >= 11 is 0. The van der Waals surface area contributed by atoms with Crippen LogP contribution in [-0.2, 0) is 6.54 Å². The molecule has 0 bridgehead atoms. The highest BCUT2D eigenvalue weighted by Crippen LogP contribution is 2.28. The van der Waals surface area contributed by atoms with Gasteiger partial charge in [-0.2, -0.15) is 0 Å². The lowest BCUT2D eigenvalue weighted by Gasteiger charge is -2.14. The van der Waals surface area contributed by atoms with Crippen LogP contribution in [-0.4, -0.2) is 31.1 Å². The van der Waals surface area contributed by atoms with Gasteiger partial charge in [-0.1, -0.05) is 12.1 Å². The lowest BCUT2D eigenvalue weighted by Crippen LogP contribution is -2.28. The van der Waals surface area contributed by atoms with Crippen LogP contribution in [0.5, 0.6) is 17.2 Å². The summed E-state index contributed by atoms with van der Waals surface area (Å²) in [5.41, 5.74) is 4.86. The van der Waals surface area contributed by atoms with Gasteiger partial charge in [-0.25, -0.2) is 4.79 Å². The SMILES string of the molecule is CNC(=O)c1cc(Oc2ccc(CNC(=O)Nc3cc(C)c(C)cc3OC)cc2C)ccn1. The van der Waals surface area contributed by atoms with Gasteiger partial charge in [0.2, 0.25) is 0 Å². The fraction of sp³-hybridized carbons (Fsp3) is 0.240. The van der Waals surface area contributed by atoms with Gasteiger partial charge in [-0.15, -0.1) is 0 Å². The number of nitrogens with one attached hydrogen (secondary N) is 3. The number of methoxy groups -OCH3 is 1. The summed E-state index contributed by atoms with van der Waals surface area (Å²) in [7, 11) is 3.12. The second kappa shape index (κ2) is 10.5. The zero-order valence-electron chi connectivity index (χ0n) is 19.4. The number of aryl methyl sites for hydroxylation is 3. The molecule has 0 unspecified atom stereocenters. The van der Waals surface area contributed by atoms with Crippen LogP contribution in [0.2, 0.25) is 0 Å². The number of amides is 3. The first-order valence-electron chi connectivity index (χ1n) is 10.5. The maximum atomic E-state index is 12.4. The van der Waals surface area contributed by atoms with Gasteiger partial charge in [0.05, 0.1) is 12.8 Å². The fourth-order valence-corrected chi connectivity index (χ4v) is 3.19. The van der Waals surface area contributed by atoms with E-state index in [1.807, 2.05) is 51.1 Å². The first kappa shape index (κ1) is 23.6. The summed E-state index contributed by atoms with van der Waals surface area (Å²) < 4.78 is 11.3. The highest BCUT2D eigenvalue weighted by atomic mass is 16.5. The lowest BCUT2D eigenvalue weighted by atomic mass is 10.1. The van der Waals surface area contributed by atoms with E-state index < -0.39 is 0 Å². The van der Waals surface area contributed by atoms with Crippen molar-refractivity contribution in [2.75, 3.05) is 19.5 Å². The normalized spacial score (nSPS) is 10.3. The fourth-order valence-electron chi connectivity index (χ4n) is 3.19. The van der Waals surface area contributed by atoms with Crippen molar-refractivity contribution in [3.05, 3.63) is 76.6 Å². The summed E-state index contributed by atoms with van der Waals surface area (Å²) in [6, 6.07) is 12.4. The molecule has 1 heterocycles. The minimum absolute atomic E-state index is 0.278. The van der Waals surface area contributed by atoms with E-state index in [4.69, 9.17) is 9.47 Å². The third-order valence-corrected chi connectivity index (χ3v) is 5.18. The van der Waals surface area contributed by atoms with Gasteiger partial charge in [-0.3, -0.25) is 9.78 Å². The number of hydrogen-bond donors (Lipinski definition) is 3. The first-order valence-corrected chi connectivity index (χ1v) is 10.5. The number of ether oxygens (including phenoxy) is 2. The number of anilines is 1. The van der Waals surface area contributed by atoms with Crippen LogP contribution in [0.25, 0.3) is 0 Å². The van der Waals surface area contributed by atoms with Crippen LogP contribution in [0.15, 0.2) is 48.7 Å². The van der Waals surface area contributed by atoms with Gasteiger partial charge in [0, 0.05) is 25.9 Å². The Bertz CT molecular complexity index is 1180. The molecule has 8 nitrogen and oxygen atoms in total. The Hall–Kier alpha value is -4.07. The third-order valence-electron chi connectivity index (χ3n) is 5.18. The molecule has 3 N–H and O–H groups in total. The summed E-state index contributed by atoms with van der Waals surface area (Å²) in [5.74, 6) is 1.49. The Kier molecular flexibility index (Phi) is 7.50. The zero-order chi connectivity index (χ0) is 24.0. The molecule has 33 heavy (non-hydrogen) atoms. The minimum atomic E-state index is -0.326. The van der Waals surface area contributed by atoms with Crippen molar-refractivity contribution in [1.82, 2.24) is 15.6 Å². The Morgan fingerprint density at radius 3 is 2.39 bits per heavy atom. The third kappa shape index (κ3) is 6.00. The second-order valence-corrected chi connectivity index (χ2v) is 7.60. The minimum Gasteiger partial charge on any atom is -0.495 e. The van der Waals surface area contributed by atoms with E-state index in [2.05, 4.69) is 20.9 Å². The highest BCUT2D eigenvalue weighted by Gasteiger charge is 2.11. The summed E-state index contributed by atoms with van der Waals surface area (Å²) in [6.45, 7) is 6.23. The molecule has 1 aromatic heterocycles. The molecule has 8 heteroatoms. The van der Waals surface area contributed by atoms with Gasteiger partial charge < -0.3 is 25.4 Å². The average molecular weight is 449 g/mol. The van der Waals surface area contributed by atoms with Gasteiger partial charge in [0.25, 0.3) is 5.91 Å². The van der Waals surface area contributed by atoms with Crippen molar-refractivity contribution < 1.29 is 19.1 Å². The maximum Gasteiger partial charge on any atom is 0.319 e. The summed E-state index contributed by atoms with van der Waals surface area (Å²) in [4.78, 5) is 28.2. The van der Waals surface area contributed by atoms with Crippen molar-refractivity contribution in [2.24, 2.45) is 0 Å². The highest BCUT2D eigenvalue weighted by molar-refractivity contribution is 5.92. The number of rotatable bonds is 7. The second-order valence-electron chi connectivity index (χ2n) is 7.60. The number of carbonyl (C=O) groups excluding carboxylic acids is 2. The first-order chi connectivity index (χ1) is 15.8. The number of urea groups is 1. The van der Waals surface area contributed by atoms with Crippen molar-refractivity contribution in [1.29, 1.82) is 0 Å². The van der Waals surface area contributed by atoms with Crippen LogP contribution < -0.4 is 25.4 Å². The van der Waals surface area contributed by atoms with Gasteiger partial charge in [0.15, 0.2) is 0 Å². The van der Waals surface area contributed by atoms with E-state index in [1.54, 1.807) is 26.3 Å². The molecule has 172 valence electrons. The summed E-state index contributed by atoms with van der Waals surface area (Å²) in [5, 5.41) is 8.23. The number of aromatic nitrogens is 1. The van der Waals surface area contributed by atoms with Crippen LogP contribution in [0.4, 0.5) is 10.5 Å². The molecular weight excluding hydrogens is 420 g/mol. The van der Waals surface area contributed by atoms with E-state index >= 15 is 0 Å². The molecule has 0 aliphatic rings. The largest absolute Gasteiger partial charge is 0.495 e. The summed E-state index contributed by atoms with van der Waals surface area (Å²) in [6.07, 6.45) is 1.52. The van der Waals surface area contributed by atoms with Crippen LogP contribution in [0.3, 0.4) is 0 Å². The Morgan fingerprint density at radius 2 is 1.70 bits per heavy atom. The Morgan fingerprint density at radius 1 is 0.939 bits per heavy atom. The van der Waals surface area contributed by atoms with E-state index in [9.17, 15) is 9.59 Å². The zero-order valence-corrected chi connectivity index (χ0v) is 19.4. The molecule has 3 amide bonds. The van der Waals surface area contributed by atoms with E-state index in [0.717, 1.165) is 22.3 Å². The molecule has 2 aromatic carbocycles. The monoisotopic (exact) mass is 448 g/mol. The predicted molar refractivity (Wildman–Crippen MR) is 127 cm³/mol. The molecule has 0 radical (unpaired) electrons. The number of nitrogens with zero attached hydrogens (tertiary/aromatic N) is 1. The average Bonchev–Trinajstić information content (AvgIpc) is 2.81. The van der Waals surface area contributed by atoms with Crippen LogP contribution >= 0.6 is 0 Å². The van der Waals surface area contributed by atoms with Crippen molar-refractivity contribution >= 4 is 17.6 Å². The lowest BCUT2D eigenvalue weighted by molar-refractivity contribution is 0.0958. The Labute approximate surface area is 193 Å². The van der Waals surface area contributed by atoms with Gasteiger partial charge >= 0.3 is 6.03 Å². The maximum absolute atomic E-state index is 12.4. The number of pyridine rings is 1. The van der Waals surface area contributed by atoms with Crippen molar-refractivity contribution in [3.63, 3.8) is 0 Å². The standard InChI is InChI=1S/C25H28N4O4/c1-15-11-20(23(32-5)12-16(15)2)29-25(31)28-14-18-6-7-22(17(3)10-18)33-19-8-9-27-21(13-19)24(30)26-4/h6-13H,14H2,1-5H3,(H,26,30)(H2,28,29,31). The van der Waals surface area contributed by atoms with Gasteiger partial charge in [0.1, 0.15) is 22.9 Å². The predicted octanol–water partition coefficient (Wildman–Crippen LogP) is 4.49. The molecule has 0 saturated heterocycles. The van der Waals surface area contributed by atoms with Crippen LogP contribution in [0.1, 0.15) is 32.7 Å². The van der Waals surface area contributed by atoms with E-state index in [1.165, 1.54) is 6.20 Å². The molecule has 0 spiro atoms. The molecule has 0 atom stereocenters. The molecule has 0 fully saturated rings. The van der Waals surface area contributed by atoms with Gasteiger partial charge in [-0.05, 0) is 67.3 Å². The quantitative estimate of drug-likeness (QED) is 0.494. The topological polar surface area (TPSA) is 102 Å². The molecule has 0 saturated carbocycles. The van der Waals surface area contributed by atoms with Crippen molar-refractivity contribution in [2.45, 2.75) is 27.3 Å². The molecule has 3 rings (SSSR count). The number of benzene rings is 2. The van der Waals surface area contributed by atoms with Crippen LogP contribution in [0, 0.1) is 20.8 Å². The number of hydrogen-bond acceptors (Lipinski definition) is 5. The molecule has 3 aromatic rings. The molecule has 0 aliphatic heterocycles. The van der Waals surface area contributed by atoms with E-state index in [-0.39, 0.29) is 17.6 Å². The molecule has 0 aliphatic carbocycles. The molecular formula is C25H28N4O4. The Balaban J connectivity index is 1.62. The van der Waals surface area contributed by atoms with E-state index in [0.29, 0.717) is 29.5 Å². The smallest absolute Gasteiger partial charge is 0.319 e. The van der Waals surface area contributed by atoms with Crippen molar-refractivity contribution in [3.8, 4) is 17.2 Å². The number of carbonyl (C=O) groups is 2.